The summed E-state index contributed by atoms with van der Waals surface area (Å²) in [6.07, 6.45) is 12.4. The third-order valence-electron chi connectivity index (χ3n) is 3.76. The lowest BCUT2D eigenvalue weighted by molar-refractivity contribution is 0.427. The van der Waals surface area contributed by atoms with Crippen LogP contribution in [0.4, 0.5) is 0 Å². The molecule has 112 valence electrons. The summed E-state index contributed by atoms with van der Waals surface area (Å²) in [5.41, 5.74) is 2.30. The van der Waals surface area contributed by atoms with E-state index in [0.29, 0.717) is 0 Å². The van der Waals surface area contributed by atoms with Crippen molar-refractivity contribution in [3.05, 3.63) is 11.6 Å². The highest BCUT2D eigenvalue weighted by atomic mass is 14.4. The molecule has 0 rings (SSSR count). The van der Waals surface area contributed by atoms with E-state index >= 15 is 0 Å². The van der Waals surface area contributed by atoms with E-state index in [1.54, 1.807) is 0 Å². The highest BCUT2D eigenvalue weighted by Crippen LogP contribution is 2.19. The summed E-state index contributed by atoms with van der Waals surface area (Å²) >= 11 is 0. The summed E-state index contributed by atoms with van der Waals surface area (Å²) in [5, 5.41) is 7.40. The number of hydrogen-bond donors (Lipinski definition) is 1. The number of hydrogen-bond acceptors (Lipinski definition) is 1. The summed E-state index contributed by atoms with van der Waals surface area (Å²) in [6.45, 7) is 11.2. The molecule has 1 atom stereocenters. The van der Waals surface area contributed by atoms with Crippen LogP contribution in [0.25, 0.3) is 0 Å². The lowest BCUT2D eigenvalue weighted by Crippen LogP contribution is -1.97. The Morgan fingerprint density at radius 2 is 1.58 bits per heavy atom. The summed E-state index contributed by atoms with van der Waals surface area (Å²) in [4.78, 5) is 0. The summed E-state index contributed by atoms with van der Waals surface area (Å²) in [5.74, 6) is 1.74. The van der Waals surface area contributed by atoms with Crippen LogP contribution in [0.1, 0.15) is 86.0 Å². The first kappa shape index (κ1) is 18.4. The van der Waals surface area contributed by atoms with Crippen LogP contribution in [-0.2, 0) is 0 Å². The van der Waals surface area contributed by atoms with Crippen molar-refractivity contribution in [2.75, 3.05) is 0 Å². The molecule has 1 N–H and O–H groups in total. The molecular formula is C18H35N. The predicted octanol–water partition coefficient (Wildman–Crippen LogP) is 6.39. The van der Waals surface area contributed by atoms with Gasteiger partial charge in [0, 0.05) is 5.71 Å². The van der Waals surface area contributed by atoms with Gasteiger partial charge in [0.1, 0.15) is 0 Å². The van der Waals surface area contributed by atoms with Crippen LogP contribution >= 0.6 is 0 Å². The third-order valence-corrected chi connectivity index (χ3v) is 3.76. The Morgan fingerprint density at radius 3 is 2.16 bits per heavy atom. The van der Waals surface area contributed by atoms with Crippen LogP contribution in [0.3, 0.4) is 0 Å². The highest BCUT2D eigenvalue weighted by molar-refractivity contribution is 5.78. The zero-order valence-corrected chi connectivity index (χ0v) is 13.9. The molecule has 0 aliphatic rings. The minimum absolute atomic E-state index is 0.794. The molecule has 0 aliphatic heterocycles. The summed E-state index contributed by atoms with van der Waals surface area (Å²) in [6, 6.07) is 0. The van der Waals surface area contributed by atoms with Crippen LogP contribution in [0.15, 0.2) is 11.6 Å². The van der Waals surface area contributed by atoms with Crippen LogP contribution in [0.5, 0.6) is 0 Å². The molecule has 0 aliphatic carbocycles. The maximum absolute atomic E-state index is 7.40. The molecule has 0 radical (unpaired) electrons. The van der Waals surface area contributed by atoms with Gasteiger partial charge in [-0.3, -0.25) is 0 Å². The van der Waals surface area contributed by atoms with Gasteiger partial charge in [-0.1, -0.05) is 58.1 Å². The molecule has 0 saturated carbocycles. The van der Waals surface area contributed by atoms with E-state index < -0.39 is 0 Å². The van der Waals surface area contributed by atoms with Crippen molar-refractivity contribution in [2.45, 2.75) is 86.0 Å². The van der Waals surface area contributed by atoms with Crippen molar-refractivity contribution >= 4 is 5.71 Å². The number of nitrogens with one attached hydrogen (secondary N) is 1. The average molecular weight is 265 g/mol. The molecule has 0 aromatic carbocycles. The standard InChI is InChI=1S/C18H35N/c1-15(2)9-6-10-16(3)11-7-12-17(4)13-8-14-18(5)19/h13,15-16,19H,6-12,14H2,1-5H3/b17-13-,19-18?/t16-/m1/s1. The van der Waals surface area contributed by atoms with Gasteiger partial charge in [-0.05, 0) is 51.4 Å². The third kappa shape index (κ3) is 13.6. The van der Waals surface area contributed by atoms with Gasteiger partial charge in [0.25, 0.3) is 0 Å². The maximum atomic E-state index is 7.40. The Morgan fingerprint density at radius 1 is 0.947 bits per heavy atom. The molecule has 0 spiro atoms. The maximum Gasteiger partial charge on any atom is 0.00613 e. The van der Waals surface area contributed by atoms with Gasteiger partial charge in [0.05, 0.1) is 0 Å². The van der Waals surface area contributed by atoms with Crippen molar-refractivity contribution in [2.24, 2.45) is 11.8 Å². The smallest absolute Gasteiger partial charge is 0.00613 e. The van der Waals surface area contributed by atoms with Gasteiger partial charge in [-0.15, -0.1) is 0 Å². The van der Waals surface area contributed by atoms with Crippen molar-refractivity contribution in [1.82, 2.24) is 0 Å². The Labute approximate surface area is 121 Å². The van der Waals surface area contributed by atoms with E-state index in [-0.39, 0.29) is 0 Å². The Balaban J connectivity index is 3.57. The minimum Gasteiger partial charge on any atom is -0.310 e. The van der Waals surface area contributed by atoms with Crippen molar-refractivity contribution in [1.29, 1.82) is 5.41 Å². The lowest BCUT2D eigenvalue weighted by atomic mass is 9.94. The summed E-state index contributed by atoms with van der Waals surface area (Å²) in [7, 11) is 0. The van der Waals surface area contributed by atoms with E-state index in [1.165, 1.54) is 44.1 Å². The second kappa shape index (κ2) is 11.3. The Kier molecular flexibility index (Phi) is 10.9. The van der Waals surface area contributed by atoms with Gasteiger partial charge in [0.2, 0.25) is 0 Å². The van der Waals surface area contributed by atoms with Gasteiger partial charge < -0.3 is 5.41 Å². The first-order valence-electron chi connectivity index (χ1n) is 8.11. The fourth-order valence-corrected chi connectivity index (χ4v) is 2.39. The first-order chi connectivity index (χ1) is 8.91. The molecule has 0 aromatic rings. The van der Waals surface area contributed by atoms with E-state index in [9.17, 15) is 0 Å². The fourth-order valence-electron chi connectivity index (χ4n) is 2.39. The number of allylic oxidation sites excluding steroid dienone is 2. The molecule has 1 nitrogen and oxygen atoms in total. The van der Waals surface area contributed by atoms with Crippen LogP contribution < -0.4 is 0 Å². The Hall–Kier alpha value is -0.590. The largest absolute Gasteiger partial charge is 0.310 e. The average Bonchev–Trinajstić information content (AvgIpc) is 2.27. The van der Waals surface area contributed by atoms with Gasteiger partial charge in [-0.25, -0.2) is 0 Å². The molecule has 0 fully saturated rings. The normalized spacial score (nSPS) is 13.9. The summed E-state index contributed by atoms with van der Waals surface area (Å²) < 4.78 is 0. The number of rotatable bonds is 11. The second-order valence-electron chi connectivity index (χ2n) is 6.69. The second-order valence-corrected chi connectivity index (χ2v) is 6.69. The molecular weight excluding hydrogens is 230 g/mol. The lowest BCUT2D eigenvalue weighted by Gasteiger charge is -2.12. The molecule has 0 aromatic heterocycles. The molecule has 0 amide bonds. The van der Waals surface area contributed by atoms with E-state index in [2.05, 4.69) is 33.8 Å². The van der Waals surface area contributed by atoms with Gasteiger partial charge in [-0.2, -0.15) is 0 Å². The van der Waals surface area contributed by atoms with Crippen molar-refractivity contribution < 1.29 is 0 Å². The van der Waals surface area contributed by atoms with Gasteiger partial charge >= 0.3 is 0 Å². The zero-order valence-electron chi connectivity index (χ0n) is 13.9. The SMILES string of the molecule is CC(=N)CC/C=C(/C)CCC[C@H](C)CCCC(C)C. The van der Waals surface area contributed by atoms with E-state index in [0.717, 1.165) is 30.4 Å². The van der Waals surface area contributed by atoms with Crippen molar-refractivity contribution in [3.63, 3.8) is 0 Å². The molecule has 0 unspecified atom stereocenters. The molecule has 0 heterocycles. The van der Waals surface area contributed by atoms with Crippen LogP contribution in [0.2, 0.25) is 0 Å². The van der Waals surface area contributed by atoms with Crippen molar-refractivity contribution in [3.8, 4) is 0 Å². The van der Waals surface area contributed by atoms with Gasteiger partial charge in [0.15, 0.2) is 0 Å². The van der Waals surface area contributed by atoms with Crippen LogP contribution in [-0.4, -0.2) is 5.71 Å². The van der Waals surface area contributed by atoms with Crippen LogP contribution in [0, 0.1) is 17.2 Å². The topological polar surface area (TPSA) is 23.9 Å². The predicted molar refractivity (Wildman–Crippen MR) is 88.1 cm³/mol. The minimum atomic E-state index is 0.794. The van der Waals surface area contributed by atoms with E-state index in [4.69, 9.17) is 5.41 Å². The molecule has 19 heavy (non-hydrogen) atoms. The zero-order chi connectivity index (χ0) is 14.7. The fraction of sp³-hybridized carbons (Fsp3) is 0.833. The monoisotopic (exact) mass is 265 g/mol. The Bertz CT molecular complexity index is 263. The molecule has 1 heteroatoms. The highest BCUT2D eigenvalue weighted by Gasteiger charge is 2.03. The molecule has 0 saturated heterocycles. The quantitative estimate of drug-likeness (QED) is 0.331. The van der Waals surface area contributed by atoms with E-state index in [1.807, 2.05) is 6.92 Å². The molecule has 0 bridgehead atoms. The first-order valence-corrected chi connectivity index (χ1v) is 8.11.